The van der Waals surface area contributed by atoms with Crippen molar-refractivity contribution in [1.29, 1.82) is 0 Å². The second-order valence-corrected chi connectivity index (χ2v) is 8.02. The van der Waals surface area contributed by atoms with Gasteiger partial charge in [0.2, 0.25) is 10.0 Å². The summed E-state index contributed by atoms with van der Waals surface area (Å²) in [5, 5.41) is 0. The van der Waals surface area contributed by atoms with Gasteiger partial charge in [-0.3, -0.25) is 0 Å². The van der Waals surface area contributed by atoms with E-state index in [2.05, 4.69) is 4.72 Å². The highest BCUT2D eigenvalue weighted by Crippen LogP contribution is 2.29. The van der Waals surface area contributed by atoms with Gasteiger partial charge in [-0.25, -0.2) is 13.1 Å². The third-order valence-electron chi connectivity index (χ3n) is 2.82. The predicted octanol–water partition coefficient (Wildman–Crippen LogP) is 2.65. The summed E-state index contributed by atoms with van der Waals surface area (Å²) in [4.78, 5) is 0. The lowest BCUT2D eigenvalue weighted by Gasteiger charge is -2.05. The van der Waals surface area contributed by atoms with E-state index in [4.69, 9.17) is 17.3 Å². The molecule has 0 bridgehead atoms. The molecule has 0 saturated carbocycles. The second kappa shape index (κ2) is 6.24. The van der Waals surface area contributed by atoms with Crippen molar-refractivity contribution >= 4 is 33.0 Å². The zero-order valence-electron chi connectivity index (χ0n) is 10.9. The third kappa shape index (κ3) is 3.59. The number of thiophene rings is 1. The van der Waals surface area contributed by atoms with Crippen molar-refractivity contribution in [3.05, 3.63) is 51.4 Å². The van der Waals surface area contributed by atoms with Crippen LogP contribution in [0.15, 0.2) is 34.5 Å². The summed E-state index contributed by atoms with van der Waals surface area (Å²) in [6, 6.07) is 9.06. The first-order chi connectivity index (χ1) is 9.42. The van der Waals surface area contributed by atoms with E-state index in [1.54, 1.807) is 13.0 Å². The fourth-order valence-corrected chi connectivity index (χ4v) is 4.38. The lowest BCUT2D eigenvalue weighted by Crippen LogP contribution is -2.22. The Morgan fingerprint density at radius 3 is 2.35 bits per heavy atom. The van der Waals surface area contributed by atoms with Gasteiger partial charge in [0.1, 0.15) is 4.21 Å². The van der Waals surface area contributed by atoms with Crippen molar-refractivity contribution in [1.82, 2.24) is 4.72 Å². The molecule has 0 radical (unpaired) electrons. The molecule has 1 aromatic carbocycles. The Kier molecular flexibility index (Phi) is 4.82. The summed E-state index contributed by atoms with van der Waals surface area (Å²) in [5.74, 6) is 0. The molecule has 7 heteroatoms. The molecule has 4 nitrogen and oxygen atoms in total. The molecule has 2 rings (SSSR count). The van der Waals surface area contributed by atoms with Crippen LogP contribution in [0.4, 0.5) is 0 Å². The van der Waals surface area contributed by atoms with Crippen LogP contribution in [-0.4, -0.2) is 8.42 Å². The topological polar surface area (TPSA) is 72.2 Å². The summed E-state index contributed by atoms with van der Waals surface area (Å²) >= 11 is 6.96. The number of aryl methyl sites for hydroxylation is 1. The Balaban J connectivity index is 2.08. The minimum absolute atomic E-state index is 0.235. The molecule has 0 atom stereocenters. The van der Waals surface area contributed by atoms with Crippen molar-refractivity contribution in [3.8, 4) is 0 Å². The van der Waals surface area contributed by atoms with Gasteiger partial charge in [0.05, 0.1) is 4.34 Å². The molecule has 108 valence electrons. The number of nitrogens with two attached hydrogens (primary N) is 1. The number of hydrogen-bond donors (Lipinski definition) is 2. The summed E-state index contributed by atoms with van der Waals surface area (Å²) < 4.78 is 27.5. The molecule has 2 aromatic rings. The van der Waals surface area contributed by atoms with Gasteiger partial charge in [0.25, 0.3) is 0 Å². The number of halogens is 1. The molecule has 20 heavy (non-hydrogen) atoms. The van der Waals surface area contributed by atoms with E-state index in [0.29, 0.717) is 10.9 Å². The molecule has 0 saturated heterocycles. The largest absolute Gasteiger partial charge is 0.326 e. The molecule has 0 unspecified atom stereocenters. The van der Waals surface area contributed by atoms with Crippen LogP contribution in [0.1, 0.15) is 16.7 Å². The van der Waals surface area contributed by atoms with Crippen LogP contribution in [0.2, 0.25) is 4.34 Å². The van der Waals surface area contributed by atoms with Gasteiger partial charge < -0.3 is 5.73 Å². The Morgan fingerprint density at radius 1 is 1.25 bits per heavy atom. The normalized spacial score (nSPS) is 11.8. The standard InChI is InChI=1S/C13H15ClN2O2S2/c1-9-6-12(19-13(9)14)20(17,18)16-8-11-4-2-10(7-15)3-5-11/h2-6,16H,7-8,15H2,1H3. The van der Waals surface area contributed by atoms with E-state index in [1.807, 2.05) is 24.3 Å². The van der Waals surface area contributed by atoms with Crippen LogP contribution in [0, 0.1) is 6.92 Å². The van der Waals surface area contributed by atoms with Crippen molar-refractivity contribution < 1.29 is 8.42 Å². The summed E-state index contributed by atoms with van der Waals surface area (Å²) in [7, 11) is -3.52. The highest BCUT2D eigenvalue weighted by atomic mass is 35.5. The zero-order chi connectivity index (χ0) is 14.8. The number of sulfonamides is 1. The average Bonchev–Trinajstić information content (AvgIpc) is 2.78. The van der Waals surface area contributed by atoms with Gasteiger partial charge in [0, 0.05) is 13.1 Å². The first-order valence-corrected chi connectivity index (χ1v) is 8.63. The Morgan fingerprint density at radius 2 is 1.85 bits per heavy atom. The van der Waals surface area contributed by atoms with E-state index in [-0.39, 0.29) is 10.8 Å². The SMILES string of the molecule is Cc1cc(S(=O)(=O)NCc2ccc(CN)cc2)sc1Cl. The summed E-state index contributed by atoms with van der Waals surface area (Å²) in [5.41, 5.74) is 8.17. The molecule has 1 heterocycles. The van der Waals surface area contributed by atoms with Crippen molar-refractivity contribution in [2.24, 2.45) is 5.73 Å². The van der Waals surface area contributed by atoms with Gasteiger partial charge in [-0.15, -0.1) is 11.3 Å². The fraction of sp³-hybridized carbons (Fsp3) is 0.231. The molecule has 0 spiro atoms. The molecule has 0 aliphatic rings. The van der Waals surface area contributed by atoms with E-state index in [9.17, 15) is 8.42 Å². The highest BCUT2D eigenvalue weighted by molar-refractivity contribution is 7.91. The third-order valence-corrected chi connectivity index (χ3v) is 6.25. The van der Waals surface area contributed by atoms with Gasteiger partial charge in [-0.05, 0) is 29.7 Å². The Bertz CT molecular complexity index is 674. The molecule has 0 aliphatic heterocycles. The van der Waals surface area contributed by atoms with E-state index < -0.39 is 10.0 Å². The first-order valence-electron chi connectivity index (χ1n) is 5.96. The molecule has 0 fully saturated rings. The molecule has 3 N–H and O–H groups in total. The van der Waals surface area contributed by atoms with Crippen LogP contribution in [-0.2, 0) is 23.1 Å². The van der Waals surface area contributed by atoms with Crippen LogP contribution in [0.5, 0.6) is 0 Å². The lowest BCUT2D eigenvalue weighted by molar-refractivity contribution is 0.583. The fourth-order valence-electron chi connectivity index (χ4n) is 1.61. The van der Waals surface area contributed by atoms with Gasteiger partial charge in [-0.2, -0.15) is 0 Å². The zero-order valence-corrected chi connectivity index (χ0v) is 13.3. The van der Waals surface area contributed by atoms with Crippen LogP contribution in [0.25, 0.3) is 0 Å². The smallest absolute Gasteiger partial charge is 0.250 e. The van der Waals surface area contributed by atoms with E-state index in [1.165, 1.54) is 0 Å². The number of rotatable bonds is 5. The highest BCUT2D eigenvalue weighted by Gasteiger charge is 2.17. The van der Waals surface area contributed by atoms with Crippen LogP contribution < -0.4 is 10.5 Å². The summed E-state index contributed by atoms with van der Waals surface area (Å²) in [6.07, 6.45) is 0. The van der Waals surface area contributed by atoms with E-state index >= 15 is 0 Å². The van der Waals surface area contributed by atoms with Crippen molar-refractivity contribution in [2.45, 2.75) is 24.2 Å². The maximum Gasteiger partial charge on any atom is 0.250 e. The molecular weight excluding hydrogens is 316 g/mol. The average molecular weight is 331 g/mol. The molecular formula is C13H15ClN2O2S2. The molecule has 1 aromatic heterocycles. The Hall–Kier alpha value is -0.920. The van der Waals surface area contributed by atoms with Gasteiger partial charge in [0.15, 0.2) is 0 Å². The van der Waals surface area contributed by atoms with Crippen molar-refractivity contribution in [3.63, 3.8) is 0 Å². The van der Waals surface area contributed by atoms with Crippen LogP contribution in [0.3, 0.4) is 0 Å². The van der Waals surface area contributed by atoms with Gasteiger partial charge in [-0.1, -0.05) is 35.9 Å². The first kappa shape index (κ1) is 15.5. The van der Waals surface area contributed by atoms with Crippen LogP contribution >= 0.6 is 22.9 Å². The maximum absolute atomic E-state index is 12.1. The monoisotopic (exact) mass is 330 g/mol. The minimum Gasteiger partial charge on any atom is -0.326 e. The second-order valence-electron chi connectivity index (χ2n) is 4.37. The summed E-state index contributed by atoms with van der Waals surface area (Å²) in [6.45, 7) is 2.49. The molecule has 0 amide bonds. The predicted molar refractivity (Wildman–Crippen MR) is 82.4 cm³/mol. The van der Waals surface area contributed by atoms with E-state index in [0.717, 1.165) is 28.0 Å². The number of nitrogens with one attached hydrogen (secondary N) is 1. The quantitative estimate of drug-likeness (QED) is 0.885. The Labute approximate surface area is 127 Å². The number of hydrogen-bond acceptors (Lipinski definition) is 4. The van der Waals surface area contributed by atoms with Gasteiger partial charge >= 0.3 is 0 Å². The molecule has 0 aliphatic carbocycles. The maximum atomic E-state index is 12.1. The van der Waals surface area contributed by atoms with Crippen molar-refractivity contribution in [2.75, 3.05) is 0 Å². The number of benzene rings is 1. The lowest BCUT2D eigenvalue weighted by atomic mass is 10.1. The minimum atomic E-state index is -3.52.